The Morgan fingerprint density at radius 1 is 1.39 bits per heavy atom. The first-order valence-corrected chi connectivity index (χ1v) is 11.3. The van der Waals surface area contributed by atoms with Crippen LogP contribution in [0.1, 0.15) is 0 Å². The van der Waals surface area contributed by atoms with E-state index in [4.69, 9.17) is 21.1 Å². The Hall–Kier alpha value is -1.39. The predicted molar refractivity (Wildman–Crippen MR) is 106 cm³/mol. The van der Waals surface area contributed by atoms with E-state index >= 15 is 0 Å². The fourth-order valence-electron chi connectivity index (χ4n) is 3.92. The molecule has 10 heteroatoms. The summed E-state index contributed by atoms with van der Waals surface area (Å²) >= 11 is 5.92. The molecule has 1 aromatic carbocycles. The molecule has 1 aromatic rings. The number of nitrogens with one attached hydrogen (secondary N) is 1. The average molecular weight is 430 g/mol. The van der Waals surface area contributed by atoms with Crippen molar-refractivity contribution in [1.82, 2.24) is 9.80 Å². The zero-order valence-electron chi connectivity index (χ0n) is 15.6. The number of anilines is 1. The van der Waals surface area contributed by atoms with Crippen LogP contribution in [0.5, 0.6) is 0 Å². The van der Waals surface area contributed by atoms with E-state index < -0.39 is 20.7 Å². The summed E-state index contributed by atoms with van der Waals surface area (Å²) < 4.78 is 36.7. The summed E-state index contributed by atoms with van der Waals surface area (Å²) in [7, 11) is -1.62. The minimum absolute atomic E-state index is 0.0485. The number of carbonyl (C=O) groups is 1. The molecule has 0 bridgehead atoms. The van der Waals surface area contributed by atoms with Crippen LogP contribution >= 0.6 is 11.6 Å². The third kappa shape index (κ3) is 3.99. The lowest BCUT2D eigenvalue weighted by atomic mass is 9.96. The number of benzene rings is 1. The second-order valence-electron chi connectivity index (χ2n) is 7.80. The largest absolute Gasteiger partial charge is 0.379 e. The van der Waals surface area contributed by atoms with Gasteiger partial charge in [-0.05, 0) is 18.2 Å². The second kappa shape index (κ2) is 7.46. The number of likely N-dealkylation sites (tertiary alicyclic amines) is 2. The molecule has 0 radical (unpaired) electrons. The molecular weight excluding hydrogens is 406 g/mol. The van der Waals surface area contributed by atoms with Crippen molar-refractivity contribution in [1.29, 1.82) is 0 Å². The fourth-order valence-corrected chi connectivity index (χ4v) is 6.06. The van der Waals surface area contributed by atoms with Crippen molar-refractivity contribution in [3.63, 3.8) is 0 Å². The molecule has 1 N–H and O–H groups in total. The highest BCUT2D eigenvalue weighted by Gasteiger charge is 2.54. The van der Waals surface area contributed by atoms with Crippen molar-refractivity contribution in [3.8, 4) is 0 Å². The number of hydrogen-bond acceptors (Lipinski definition) is 6. The highest BCUT2D eigenvalue weighted by molar-refractivity contribution is 7.92. The van der Waals surface area contributed by atoms with Crippen LogP contribution in [0.25, 0.3) is 0 Å². The van der Waals surface area contributed by atoms with Gasteiger partial charge >= 0.3 is 6.03 Å². The summed E-state index contributed by atoms with van der Waals surface area (Å²) in [6.45, 7) is 2.68. The first kappa shape index (κ1) is 19.9. The smallest absolute Gasteiger partial charge is 0.322 e. The highest BCUT2D eigenvalue weighted by Crippen LogP contribution is 2.33. The lowest BCUT2D eigenvalue weighted by Gasteiger charge is -2.52. The number of urea groups is 1. The Morgan fingerprint density at radius 3 is 2.79 bits per heavy atom. The van der Waals surface area contributed by atoms with E-state index in [1.54, 1.807) is 36.3 Å². The minimum Gasteiger partial charge on any atom is -0.379 e. The number of halogens is 1. The van der Waals surface area contributed by atoms with E-state index in [-0.39, 0.29) is 37.6 Å². The molecule has 1 atom stereocenters. The normalized spacial score (nSPS) is 26.5. The van der Waals surface area contributed by atoms with Crippen molar-refractivity contribution in [2.45, 2.75) is 17.0 Å². The van der Waals surface area contributed by atoms with E-state index in [2.05, 4.69) is 10.2 Å². The van der Waals surface area contributed by atoms with Gasteiger partial charge in [0.05, 0.1) is 36.8 Å². The first-order valence-electron chi connectivity index (χ1n) is 9.21. The van der Waals surface area contributed by atoms with Crippen LogP contribution in [0.3, 0.4) is 0 Å². The molecule has 3 heterocycles. The lowest BCUT2D eigenvalue weighted by Crippen LogP contribution is -2.71. The third-order valence-electron chi connectivity index (χ3n) is 5.59. The molecule has 0 unspecified atom stereocenters. The molecule has 3 saturated heterocycles. The van der Waals surface area contributed by atoms with Crippen LogP contribution in [-0.2, 0) is 19.3 Å². The Kier molecular flexibility index (Phi) is 5.30. The maximum atomic E-state index is 12.8. The van der Waals surface area contributed by atoms with Gasteiger partial charge in [0, 0.05) is 37.5 Å². The molecule has 4 rings (SSSR count). The number of methoxy groups -OCH3 is 1. The average Bonchev–Trinajstić information content (AvgIpc) is 2.56. The summed E-state index contributed by atoms with van der Waals surface area (Å²) in [5, 5.41) is 2.78. The van der Waals surface area contributed by atoms with Gasteiger partial charge in [-0.15, -0.1) is 0 Å². The molecule has 28 heavy (non-hydrogen) atoms. The zero-order chi connectivity index (χ0) is 19.9. The van der Waals surface area contributed by atoms with E-state index in [1.807, 2.05) is 0 Å². The second-order valence-corrected chi connectivity index (χ2v) is 10.5. The number of amides is 2. The number of nitrogens with zero attached hydrogens (tertiary/aromatic N) is 2. The van der Waals surface area contributed by atoms with Crippen molar-refractivity contribution in [2.24, 2.45) is 0 Å². The number of ether oxygens (including phenoxy) is 2. The quantitative estimate of drug-likeness (QED) is 0.770. The van der Waals surface area contributed by atoms with Crippen molar-refractivity contribution >= 4 is 33.2 Å². The van der Waals surface area contributed by atoms with E-state index in [1.165, 1.54) is 0 Å². The van der Waals surface area contributed by atoms with Crippen LogP contribution < -0.4 is 5.32 Å². The first-order chi connectivity index (χ1) is 13.3. The van der Waals surface area contributed by atoms with Gasteiger partial charge in [-0.25, -0.2) is 13.2 Å². The van der Waals surface area contributed by atoms with E-state index in [0.717, 1.165) is 13.1 Å². The topological polar surface area (TPSA) is 88.2 Å². The van der Waals surface area contributed by atoms with Crippen LogP contribution in [0.4, 0.5) is 10.5 Å². The molecule has 2 amide bonds. The molecule has 3 fully saturated rings. The molecule has 8 nitrogen and oxygen atoms in total. The number of hydrogen-bond donors (Lipinski definition) is 1. The van der Waals surface area contributed by atoms with Crippen molar-refractivity contribution in [3.05, 3.63) is 29.3 Å². The van der Waals surface area contributed by atoms with Crippen LogP contribution in [0, 0.1) is 0 Å². The lowest BCUT2D eigenvalue weighted by molar-refractivity contribution is -0.119. The summed E-state index contributed by atoms with van der Waals surface area (Å²) in [5.41, 5.74) is -0.190. The van der Waals surface area contributed by atoms with Gasteiger partial charge in [-0.1, -0.05) is 17.7 Å². The van der Waals surface area contributed by atoms with Gasteiger partial charge in [0.15, 0.2) is 9.84 Å². The zero-order valence-corrected chi connectivity index (χ0v) is 17.2. The van der Waals surface area contributed by atoms with Gasteiger partial charge in [0.2, 0.25) is 0 Å². The molecule has 3 aliphatic rings. The van der Waals surface area contributed by atoms with Crippen molar-refractivity contribution in [2.75, 3.05) is 57.5 Å². The molecule has 3 aliphatic heterocycles. The molecular formula is C18H24ClN3O5S. The molecule has 0 aliphatic carbocycles. The summed E-state index contributed by atoms with van der Waals surface area (Å²) in [6, 6.07) is 6.59. The summed E-state index contributed by atoms with van der Waals surface area (Å²) in [5.74, 6) is -0.0485. The Morgan fingerprint density at radius 2 is 2.14 bits per heavy atom. The molecule has 1 spiro atoms. The SMILES string of the molecule is COC1CN(C[C@H]2COC3(CN(C(=O)Nc4cccc(Cl)c4)C3)CS2(=O)=O)C1. The molecule has 0 aromatic heterocycles. The van der Waals surface area contributed by atoms with Gasteiger partial charge in [-0.3, -0.25) is 4.90 Å². The number of carbonyl (C=O) groups excluding carboxylic acids is 1. The fraction of sp³-hybridized carbons (Fsp3) is 0.611. The molecule has 154 valence electrons. The van der Waals surface area contributed by atoms with Gasteiger partial charge < -0.3 is 19.7 Å². The maximum absolute atomic E-state index is 12.8. The summed E-state index contributed by atoms with van der Waals surface area (Å²) in [6.07, 6.45) is 0.191. The van der Waals surface area contributed by atoms with Crippen LogP contribution in [0.15, 0.2) is 24.3 Å². The number of sulfone groups is 1. The van der Waals surface area contributed by atoms with E-state index in [0.29, 0.717) is 17.3 Å². The van der Waals surface area contributed by atoms with Gasteiger partial charge in [0.25, 0.3) is 0 Å². The van der Waals surface area contributed by atoms with Gasteiger partial charge in [0.1, 0.15) is 5.60 Å². The van der Waals surface area contributed by atoms with Gasteiger partial charge in [-0.2, -0.15) is 0 Å². The Balaban J connectivity index is 1.29. The number of rotatable bonds is 4. The highest BCUT2D eigenvalue weighted by atomic mass is 35.5. The maximum Gasteiger partial charge on any atom is 0.322 e. The third-order valence-corrected chi connectivity index (χ3v) is 8.05. The van der Waals surface area contributed by atoms with Crippen molar-refractivity contribution < 1.29 is 22.7 Å². The Labute approximate surface area is 169 Å². The predicted octanol–water partition coefficient (Wildman–Crippen LogP) is 1.07. The standard InChI is InChI=1S/C18H24ClN3O5S/c1-26-15-6-21(7-15)8-16-9-27-18(12-28(16,24)25)10-22(11-18)17(23)20-14-4-2-3-13(19)5-14/h2-5,15-16H,6-12H2,1H3,(H,20,23)/t16-/m0/s1. The Bertz CT molecular complexity index is 853. The minimum atomic E-state index is -3.28. The van der Waals surface area contributed by atoms with E-state index in [9.17, 15) is 13.2 Å². The van der Waals surface area contributed by atoms with Crippen LogP contribution in [0.2, 0.25) is 5.02 Å². The van der Waals surface area contributed by atoms with Crippen LogP contribution in [-0.4, -0.2) is 93.4 Å². The summed E-state index contributed by atoms with van der Waals surface area (Å²) in [4.78, 5) is 16.0. The molecule has 0 saturated carbocycles. The monoisotopic (exact) mass is 429 g/mol.